The molecular formula is C19H23N3O3. The van der Waals surface area contributed by atoms with E-state index < -0.39 is 0 Å². The zero-order valence-corrected chi connectivity index (χ0v) is 14.5. The van der Waals surface area contributed by atoms with Crippen LogP contribution in [0.1, 0.15) is 43.5 Å². The molecule has 6 nitrogen and oxygen atoms in total. The van der Waals surface area contributed by atoms with Crippen molar-refractivity contribution in [3.8, 4) is 0 Å². The van der Waals surface area contributed by atoms with Gasteiger partial charge in [0, 0.05) is 11.6 Å². The Morgan fingerprint density at radius 3 is 2.72 bits per heavy atom. The van der Waals surface area contributed by atoms with E-state index in [1.54, 1.807) is 24.3 Å². The maximum atomic E-state index is 12.8. The van der Waals surface area contributed by atoms with E-state index in [2.05, 4.69) is 10.7 Å². The molecule has 0 bridgehead atoms. The Kier molecular flexibility index (Phi) is 4.88. The molecule has 1 aliphatic heterocycles. The van der Waals surface area contributed by atoms with Crippen LogP contribution in [0.4, 0.5) is 5.69 Å². The molecular weight excluding hydrogens is 318 g/mol. The van der Waals surface area contributed by atoms with Gasteiger partial charge in [0.2, 0.25) is 11.8 Å². The first-order chi connectivity index (χ1) is 12.0. The molecule has 6 heteroatoms. The first-order valence-electron chi connectivity index (χ1n) is 8.71. The van der Waals surface area contributed by atoms with Crippen LogP contribution < -0.4 is 15.8 Å². The van der Waals surface area contributed by atoms with E-state index in [1.807, 2.05) is 26.0 Å². The maximum Gasteiger partial charge on any atom is 0.251 e. The number of fused-ring (bicyclic) bond motifs is 1. The fraction of sp³-hybridized carbons (Fsp3) is 0.421. The Hall–Kier alpha value is -2.63. The fourth-order valence-corrected chi connectivity index (χ4v) is 3.18. The summed E-state index contributed by atoms with van der Waals surface area (Å²) in [4.78, 5) is 37.4. The van der Waals surface area contributed by atoms with Crippen LogP contribution >= 0.6 is 0 Å². The van der Waals surface area contributed by atoms with E-state index in [0.717, 1.165) is 6.42 Å². The second kappa shape index (κ2) is 7.09. The number of carbonyl (C=O) groups is 3. The molecule has 1 heterocycles. The third-order valence-corrected chi connectivity index (χ3v) is 4.89. The Bertz CT molecular complexity index is 728. The van der Waals surface area contributed by atoms with Gasteiger partial charge in [0.25, 0.3) is 5.91 Å². The Labute approximate surface area is 147 Å². The average molecular weight is 341 g/mol. The van der Waals surface area contributed by atoms with Gasteiger partial charge in [-0.15, -0.1) is 0 Å². The minimum atomic E-state index is -0.337. The van der Waals surface area contributed by atoms with Crippen molar-refractivity contribution >= 4 is 23.4 Å². The highest BCUT2D eigenvalue weighted by Gasteiger charge is 2.42. The molecule has 1 fully saturated rings. The third-order valence-electron chi connectivity index (χ3n) is 4.89. The number of hydrazine groups is 1. The molecule has 1 aromatic rings. The predicted molar refractivity (Wildman–Crippen MR) is 94.6 cm³/mol. The molecule has 3 atom stereocenters. The molecule has 0 radical (unpaired) electrons. The molecule has 0 saturated carbocycles. The Morgan fingerprint density at radius 2 is 2.00 bits per heavy atom. The Morgan fingerprint density at radius 1 is 1.28 bits per heavy atom. The van der Waals surface area contributed by atoms with Crippen molar-refractivity contribution in [1.82, 2.24) is 10.7 Å². The van der Waals surface area contributed by atoms with Crippen LogP contribution in [-0.2, 0) is 9.59 Å². The van der Waals surface area contributed by atoms with Gasteiger partial charge in [-0.2, -0.15) is 0 Å². The molecule has 0 unspecified atom stereocenters. The zero-order valence-electron chi connectivity index (χ0n) is 14.5. The summed E-state index contributed by atoms with van der Waals surface area (Å²) in [6.07, 6.45) is 5.90. The molecule has 0 aromatic heterocycles. The van der Waals surface area contributed by atoms with Gasteiger partial charge in [-0.1, -0.05) is 25.1 Å². The molecule has 1 aliphatic carbocycles. The second-order valence-electron chi connectivity index (χ2n) is 6.64. The lowest BCUT2D eigenvalue weighted by molar-refractivity contribution is -0.139. The van der Waals surface area contributed by atoms with E-state index in [1.165, 1.54) is 5.01 Å². The fourth-order valence-electron chi connectivity index (χ4n) is 3.18. The number of hydrogen-bond donors (Lipinski definition) is 2. The van der Waals surface area contributed by atoms with Crippen molar-refractivity contribution in [3.63, 3.8) is 0 Å². The highest BCUT2D eigenvalue weighted by atomic mass is 16.2. The van der Waals surface area contributed by atoms with Gasteiger partial charge in [0.1, 0.15) is 0 Å². The van der Waals surface area contributed by atoms with E-state index in [4.69, 9.17) is 0 Å². The molecule has 2 aliphatic rings. The van der Waals surface area contributed by atoms with Crippen molar-refractivity contribution in [2.45, 2.75) is 39.2 Å². The first-order valence-corrected chi connectivity index (χ1v) is 8.71. The lowest BCUT2D eigenvalue weighted by Gasteiger charge is -2.38. The molecule has 0 spiro atoms. The number of nitrogens with one attached hydrogen (secondary N) is 2. The number of anilines is 1. The van der Waals surface area contributed by atoms with Gasteiger partial charge in [-0.3, -0.25) is 19.8 Å². The maximum absolute atomic E-state index is 12.8. The van der Waals surface area contributed by atoms with Crippen LogP contribution in [0.15, 0.2) is 36.4 Å². The normalized spacial score (nSPS) is 23.7. The van der Waals surface area contributed by atoms with Gasteiger partial charge in [-0.05, 0) is 44.4 Å². The van der Waals surface area contributed by atoms with Crippen LogP contribution in [-0.4, -0.2) is 23.8 Å². The summed E-state index contributed by atoms with van der Waals surface area (Å²) in [5, 5.41) is 4.18. The number of allylic oxidation sites excluding steroid dienone is 2. The lowest BCUT2D eigenvalue weighted by atomic mass is 9.80. The summed E-state index contributed by atoms with van der Waals surface area (Å²) in [5.41, 5.74) is 3.65. The quantitative estimate of drug-likeness (QED) is 0.824. The van der Waals surface area contributed by atoms with Gasteiger partial charge in [0.05, 0.1) is 17.5 Å². The minimum absolute atomic E-state index is 0.0715. The monoisotopic (exact) mass is 341 g/mol. The first kappa shape index (κ1) is 17.2. The molecule has 3 amide bonds. The van der Waals surface area contributed by atoms with Crippen LogP contribution in [0.25, 0.3) is 0 Å². The number of amides is 3. The molecule has 2 N–H and O–H groups in total. The predicted octanol–water partition coefficient (Wildman–Crippen LogP) is 2.18. The van der Waals surface area contributed by atoms with Crippen molar-refractivity contribution in [1.29, 1.82) is 0 Å². The van der Waals surface area contributed by atoms with Crippen molar-refractivity contribution in [2.75, 3.05) is 5.01 Å². The van der Waals surface area contributed by atoms with Gasteiger partial charge < -0.3 is 5.32 Å². The lowest BCUT2D eigenvalue weighted by Crippen LogP contribution is -2.59. The number of hydrogen-bond acceptors (Lipinski definition) is 3. The largest absolute Gasteiger partial charge is 0.350 e. The molecule has 25 heavy (non-hydrogen) atoms. The van der Waals surface area contributed by atoms with Crippen LogP contribution in [0.2, 0.25) is 0 Å². The smallest absolute Gasteiger partial charge is 0.251 e. The van der Waals surface area contributed by atoms with Crippen LogP contribution in [0, 0.1) is 11.8 Å². The van der Waals surface area contributed by atoms with Gasteiger partial charge in [-0.25, -0.2) is 5.01 Å². The zero-order chi connectivity index (χ0) is 18.0. The second-order valence-corrected chi connectivity index (χ2v) is 6.64. The molecule has 132 valence electrons. The summed E-state index contributed by atoms with van der Waals surface area (Å²) in [6.45, 7) is 3.94. The van der Waals surface area contributed by atoms with Crippen molar-refractivity contribution in [2.24, 2.45) is 11.8 Å². The molecule has 3 rings (SSSR count). The summed E-state index contributed by atoms with van der Waals surface area (Å²) in [7, 11) is 0. The topological polar surface area (TPSA) is 78.5 Å². The number of rotatable bonds is 4. The molecule has 1 aromatic carbocycles. The standard InChI is InChI=1S/C19H23N3O3/c1-3-12(2)20-17(23)13-7-6-8-14(11-13)22-19(25)16-10-5-4-9-15(16)18(24)21-22/h4-8,11-12,15-16H,3,9-10H2,1-2H3,(H,20,23)(H,21,24)/t12-,15+,16-/m0/s1. The van der Waals surface area contributed by atoms with Crippen molar-refractivity contribution in [3.05, 3.63) is 42.0 Å². The van der Waals surface area contributed by atoms with E-state index in [9.17, 15) is 14.4 Å². The van der Waals surface area contributed by atoms with E-state index in [-0.39, 0.29) is 35.6 Å². The molecule has 1 saturated heterocycles. The van der Waals surface area contributed by atoms with Gasteiger partial charge >= 0.3 is 0 Å². The van der Waals surface area contributed by atoms with Gasteiger partial charge in [0.15, 0.2) is 0 Å². The number of carbonyl (C=O) groups excluding carboxylic acids is 3. The Balaban J connectivity index is 1.83. The van der Waals surface area contributed by atoms with Crippen LogP contribution in [0.5, 0.6) is 0 Å². The van der Waals surface area contributed by atoms with Crippen LogP contribution in [0.3, 0.4) is 0 Å². The van der Waals surface area contributed by atoms with E-state index in [0.29, 0.717) is 24.1 Å². The van der Waals surface area contributed by atoms with E-state index >= 15 is 0 Å². The highest BCUT2D eigenvalue weighted by Crippen LogP contribution is 2.32. The number of benzene rings is 1. The average Bonchev–Trinajstić information content (AvgIpc) is 2.64. The number of nitrogens with zero attached hydrogens (tertiary/aromatic N) is 1. The minimum Gasteiger partial charge on any atom is -0.350 e. The SMILES string of the molecule is CC[C@H](C)NC(=O)c1cccc(N2NC(=O)[C@@H]3CC=CC[C@@H]3C2=O)c1. The highest BCUT2D eigenvalue weighted by molar-refractivity contribution is 6.05. The summed E-state index contributed by atoms with van der Waals surface area (Å²) < 4.78 is 0. The van der Waals surface area contributed by atoms with Crippen molar-refractivity contribution < 1.29 is 14.4 Å². The summed E-state index contributed by atoms with van der Waals surface area (Å²) >= 11 is 0. The summed E-state index contributed by atoms with van der Waals surface area (Å²) in [6, 6.07) is 6.84. The third kappa shape index (κ3) is 3.43. The summed E-state index contributed by atoms with van der Waals surface area (Å²) in [5.74, 6) is -1.11.